The standard InChI is InChI=1S/C16H19NO5/c1-9(18)17-12-8-13-15(14(12)20-10(2)19)22-16(21-13)11-6-4-3-5-7-11/h3-7,12-16H,8H2,1-2H3,(H,17,18)/t12-,13-,14+,15-,16-/m1/s1. The highest BCUT2D eigenvalue weighted by molar-refractivity contribution is 5.73. The summed E-state index contributed by atoms with van der Waals surface area (Å²) in [6.07, 6.45) is -1.00. The smallest absolute Gasteiger partial charge is 0.303 e. The molecule has 22 heavy (non-hydrogen) atoms. The van der Waals surface area contributed by atoms with E-state index in [1.165, 1.54) is 13.8 Å². The van der Waals surface area contributed by atoms with E-state index in [-0.39, 0.29) is 24.2 Å². The molecule has 1 aliphatic carbocycles. The summed E-state index contributed by atoms with van der Waals surface area (Å²) >= 11 is 0. The quantitative estimate of drug-likeness (QED) is 0.852. The zero-order valence-corrected chi connectivity index (χ0v) is 12.5. The predicted octanol–water partition coefficient (Wildman–Crippen LogP) is 1.31. The number of rotatable bonds is 3. The van der Waals surface area contributed by atoms with E-state index in [0.717, 1.165) is 5.56 Å². The lowest BCUT2D eigenvalue weighted by Crippen LogP contribution is -2.45. The number of fused-ring (bicyclic) bond motifs is 1. The van der Waals surface area contributed by atoms with Gasteiger partial charge in [0, 0.05) is 25.8 Å². The normalized spacial score (nSPS) is 33.3. The van der Waals surface area contributed by atoms with Gasteiger partial charge in [0.25, 0.3) is 0 Å². The first-order valence-corrected chi connectivity index (χ1v) is 7.35. The molecule has 2 fully saturated rings. The maximum Gasteiger partial charge on any atom is 0.303 e. The molecule has 1 aromatic carbocycles. The van der Waals surface area contributed by atoms with Crippen LogP contribution in [0.15, 0.2) is 30.3 Å². The third-order valence-electron chi connectivity index (χ3n) is 3.91. The van der Waals surface area contributed by atoms with E-state index in [2.05, 4.69) is 5.32 Å². The lowest BCUT2D eigenvalue weighted by molar-refractivity contribution is -0.158. The second kappa shape index (κ2) is 6.06. The van der Waals surface area contributed by atoms with E-state index in [9.17, 15) is 9.59 Å². The van der Waals surface area contributed by atoms with Crippen LogP contribution in [0.25, 0.3) is 0 Å². The molecule has 3 rings (SSSR count). The van der Waals surface area contributed by atoms with Gasteiger partial charge in [0.1, 0.15) is 6.10 Å². The monoisotopic (exact) mass is 305 g/mol. The molecule has 1 aromatic rings. The molecule has 5 atom stereocenters. The van der Waals surface area contributed by atoms with Crippen molar-refractivity contribution in [1.82, 2.24) is 5.32 Å². The fourth-order valence-electron chi connectivity index (χ4n) is 3.10. The zero-order valence-electron chi connectivity index (χ0n) is 12.5. The summed E-state index contributed by atoms with van der Waals surface area (Å²) < 4.78 is 17.2. The van der Waals surface area contributed by atoms with Gasteiger partial charge in [-0.3, -0.25) is 9.59 Å². The summed E-state index contributed by atoms with van der Waals surface area (Å²) in [5.74, 6) is -0.561. The van der Waals surface area contributed by atoms with Crippen LogP contribution in [0, 0.1) is 0 Å². The van der Waals surface area contributed by atoms with E-state index >= 15 is 0 Å². The van der Waals surface area contributed by atoms with Crippen LogP contribution in [0.1, 0.15) is 32.1 Å². The number of hydrogen-bond donors (Lipinski definition) is 1. The summed E-state index contributed by atoms with van der Waals surface area (Å²) in [6.45, 7) is 2.79. The molecule has 118 valence electrons. The van der Waals surface area contributed by atoms with Crippen molar-refractivity contribution >= 4 is 11.9 Å². The number of carbonyl (C=O) groups is 2. The zero-order chi connectivity index (χ0) is 15.7. The molecule has 1 saturated heterocycles. The number of amides is 1. The SMILES string of the molecule is CC(=O)N[C@@H]1C[C@H]2O[C@@H](c3ccccc3)O[C@H]2[C@H]1OC(C)=O. The minimum absolute atomic E-state index is 0.165. The number of benzene rings is 1. The molecule has 1 aliphatic heterocycles. The number of hydrogen-bond acceptors (Lipinski definition) is 5. The first-order valence-electron chi connectivity index (χ1n) is 7.35. The van der Waals surface area contributed by atoms with E-state index < -0.39 is 18.4 Å². The molecule has 0 spiro atoms. The van der Waals surface area contributed by atoms with Gasteiger partial charge in [-0.2, -0.15) is 0 Å². The Hall–Kier alpha value is -1.92. The first-order chi connectivity index (χ1) is 10.5. The van der Waals surface area contributed by atoms with Gasteiger partial charge in [0.05, 0.1) is 12.1 Å². The molecular formula is C16H19NO5. The van der Waals surface area contributed by atoms with Crippen LogP contribution in [0.4, 0.5) is 0 Å². The molecule has 0 bridgehead atoms. The largest absolute Gasteiger partial charge is 0.457 e. The highest BCUT2D eigenvalue weighted by atomic mass is 16.7. The van der Waals surface area contributed by atoms with Crippen molar-refractivity contribution in [3.05, 3.63) is 35.9 Å². The van der Waals surface area contributed by atoms with Gasteiger partial charge in [0.2, 0.25) is 5.91 Å². The van der Waals surface area contributed by atoms with Crippen LogP contribution in [0.2, 0.25) is 0 Å². The summed E-state index contributed by atoms with van der Waals surface area (Å²) in [5.41, 5.74) is 0.926. The van der Waals surface area contributed by atoms with Crippen molar-refractivity contribution in [2.75, 3.05) is 0 Å². The molecule has 6 heteroatoms. The maximum atomic E-state index is 11.3. The molecule has 1 N–H and O–H groups in total. The predicted molar refractivity (Wildman–Crippen MR) is 76.7 cm³/mol. The minimum atomic E-state index is -0.528. The summed E-state index contributed by atoms with van der Waals surface area (Å²) in [6, 6.07) is 9.33. The van der Waals surface area contributed by atoms with E-state index in [4.69, 9.17) is 14.2 Å². The fraction of sp³-hybridized carbons (Fsp3) is 0.500. The van der Waals surface area contributed by atoms with Crippen molar-refractivity contribution in [3.8, 4) is 0 Å². The Bertz CT molecular complexity index is 561. The van der Waals surface area contributed by atoms with Crippen LogP contribution >= 0.6 is 0 Å². The molecular weight excluding hydrogens is 286 g/mol. The second-order valence-electron chi connectivity index (χ2n) is 5.63. The topological polar surface area (TPSA) is 73.9 Å². The van der Waals surface area contributed by atoms with Crippen LogP contribution in [0.5, 0.6) is 0 Å². The summed E-state index contributed by atoms with van der Waals surface area (Å²) in [5, 5.41) is 2.80. The molecule has 1 heterocycles. The maximum absolute atomic E-state index is 11.3. The molecule has 0 aromatic heterocycles. The van der Waals surface area contributed by atoms with Crippen LogP contribution in [-0.2, 0) is 23.8 Å². The summed E-state index contributed by atoms with van der Waals surface area (Å²) in [4.78, 5) is 22.6. The highest BCUT2D eigenvalue weighted by Crippen LogP contribution is 2.41. The van der Waals surface area contributed by atoms with E-state index in [1.54, 1.807) is 0 Å². The molecule has 1 amide bonds. The number of carbonyl (C=O) groups excluding carboxylic acids is 2. The van der Waals surface area contributed by atoms with Crippen LogP contribution < -0.4 is 5.32 Å². The van der Waals surface area contributed by atoms with Gasteiger partial charge >= 0.3 is 5.97 Å². The lowest BCUT2D eigenvalue weighted by atomic mass is 10.2. The van der Waals surface area contributed by atoms with Gasteiger partial charge in [-0.25, -0.2) is 0 Å². The third-order valence-corrected chi connectivity index (χ3v) is 3.91. The van der Waals surface area contributed by atoms with Crippen molar-refractivity contribution < 1.29 is 23.8 Å². The minimum Gasteiger partial charge on any atom is -0.457 e. The third kappa shape index (κ3) is 2.98. The van der Waals surface area contributed by atoms with Crippen molar-refractivity contribution in [1.29, 1.82) is 0 Å². The first kappa shape index (κ1) is 15.0. The number of nitrogens with one attached hydrogen (secondary N) is 1. The van der Waals surface area contributed by atoms with E-state index in [0.29, 0.717) is 6.42 Å². The molecule has 6 nitrogen and oxygen atoms in total. The Labute approximate surface area is 128 Å². The Morgan fingerprint density at radius 3 is 2.55 bits per heavy atom. The average Bonchev–Trinajstić information content (AvgIpc) is 2.99. The average molecular weight is 305 g/mol. The fourth-order valence-corrected chi connectivity index (χ4v) is 3.10. The Morgan fingerprint density at radius 2 is 1.91 bits per heavy atom. The van der Waals surface area contributed by atoms with Crippen LogP contribution in [-0.4, -0.2) is 36.2 Å². The Morgan fingerprint density at radius 1 is 1.18 bits per heavy atom. The van der Waals surface area contributed by atoms with Crippen molar-refractivity contribution in [2.24, 2.45) is 0 Å². The van der Waals surface area contributed by atoms with Gasteiger partial charge < -0.3 is 19.5 Å². The van der Waals surface area contributed by atoms with E-state index in [1.807, 2.05) is 30.3 Å². The van der Waals surface area contributed by atoms with Crippen LogP contribution in [0.3, 0.4) is 0 Å². The van der Waals surface area contributed by atoms with Gasteiger partial charge in [-0.05, 0) is 0 Å². The molecule has 0 radical (unpaired) electrons. The summed E-state index contributed by atoms with van der Waals surface area (Å²) in [7, 11) is 0. The molecule has 2 aliphatic rings. The Kier molecular flexibility index (Phi) is 4.13. The molecule has 1 saturated carbocycles. The van der Waals surface area contributed by atoms with Gasteiger partial charge in [0.15, 0.2) is 12.4 Å². The second-order valence-corrected chi connectivity index (χ2v) is 5.63. The molecule has 0 unspecified atom stereocenters. The number of esters is 1. The van der Waals surface area contributed by atoms with Crippen molar-refractivity contribution in [2.45, 2.75) is 50.9 Å². The van der Waals surface area contributed by atoms with Gasteiger partial charge in [-0.15, -0.1) is 0 Å². The highest BCUT2D eigenvalue weighted by Gasteiger charge is 2.53. The Balaban J connectivity index is 1.74. The lowest BCUT2D eigenvalue weighted by Gasteiger charge is -2.24. The van der Waals surface area contributed by atoms with Gasteiger partial charge in [-0.1, -0.05) is 30.3 Å². The number of ether oxygens (including phenoxy) is 3. The van der Waals surface area contributed by atoms with Crippen molar-refractivity contribution in [3.63, 3.8) is 0 Å².